The summed E-state index contributed by atoms with van der Waals surface area (Å²) in [5.41, 5.74) is 4.27. The number of anilines is 1. The van der Waals surface area contributed by atoms with Gasteiger partial charge in [-0.15, -0.1) is 0 Å². The van der Waals surface area contributed by atoms with E-state index in [1.54, 1.807) is 6.07 Å². The third-order valence-corrected chi connectivity index (χ3v) is 5.04. The van der Waals surface area contributed by atoms with Crippen molar-refractivity contribution in [2.75, 3.05) is 5.32 Å². The summed E-state index contributed by atoms with van der Waals surface area (Å²) >= 11 is 15.7. The fraction of sp³-hybridized carbons (Fsp3) is 0.143. The van der Waals surface area contributed by atoms with Crippen molar-refractivity contribution in [1.29, 1.82) is 0 Å². The van der Waals surface area contributed by atoms with Crippen molar-refractivity contribution in [2.45, 2.75) is 20.1 Å². The van der Waals surface area contributed by atoms with E-state index < -0.39 is 0 Å². The topological polar surface area (TPSA) is 21.3 Å². The van der Waals surface area contributed by atoms with Crippen molar-refractivity contribution >= 4 is 44.8 Å². The molecule has 3 aromatic rings. The molecule has 0 saturated heterocycles. The predicted molar refractivity (Wildman–Crippen MR) is 113 cm³/mol. The molecule has 0 bridgehead atoms. The molecule has 0 atom stereocenters. The molecule has 0 heterocycles. The van der Waals surface area contributed by atoms with Gasteiger partial charge in [-0.3, -0.25) is 0 Å². The second-order valence-corrected chi connectivity index (χ2v) is 7.76. The van der Waals surface area contributed by atoms with Gasteiger partial charge in [-0.05, 0) is 49.4 Å². The molecule has 0 unspecified atom stereocenters. The fourth-order valence-electron chi connectivity index (χ4n) is 2.49. The fourth-order valence-corrected chi connectivity index (χ4v) is 3.36. The lowest BCUT2D eigenvalue weighted by molar-refractivity contribution is 0.303. The summed E-state index contributed by atoms with van der Waals surface area (Å²) in [6, 6.07) is 19.7. The number of hydrogen-bond donors (Lipinski definition) is 1. The molecule has 0 saturated carbocycles. The van der Waals surface area contributed by atoms with E-state index >= 15 is 0 Å². The van der Waals surface area contributed by atoms with E-state index in [0.29, 0.717) is 23.2 Å². The van der Waals surface area contributed by atoms with Gasteiger partial charge in [0.1, 0.15) is 12.4 Å². The molecule has 0 aliphatic rings. The highest BCUT2D eigenvalue weighted by atomic mass is 79.9. The van der Waals surface area contributed by atoms with Crippen LogP contribution in [0.25, 0.3) is 0 Å². The first-order valence-corrected chi connectivity index (χ1v) is 9.72. The molecule has 1 N–H and O–H groups in total. The number of hydrogen-bond acceptors (Lipinski definition) is 2. The molecule has 0 spiro atoms. The number of rotatable bonds is 6. The molecular weight excluding hydrogens is 433 g/mol. The lowest BCUT2D eigenvalue weighted by atomic mass is 10.1. The summed E-state index contributed by atoms with van der Waals surface area (Å²) < 4.78 is 7.03. The summed E-state index contributed by atoms with van der Waals surface area (Å²) in [5, 5.41) is 4.65. The molecule has 0 aliphatic heterocycles. The molecule has 0 aromatic heterocycles. The van der Waals surface area contributed by atoms with Crippen molar-refractivity contribution in [1.82, 2.24) is 0 Å². The lowest BCUT2D eigenvalue weighted by Crippen LogP contribution is -2.04. The quantitative estimate of drug-likeness (QED) is 0.426. The van der Waals surface area contributed by atoms with Gasteiger partial charge >= 0.3 is 0 Å². The van der Waals surface area contributed by atoms with Gasteiger partial charge in [0.05, 0.1) is 0 Å². The normalized spacial score (nSPS) is 10.6. The maximum absolute atomic E-state index is 6.23. The lowest BCUT2D eigenvalue weighted by Gasteiger charge is -2.14. The maximum Gasteiger partial charge on any atom is 0.124 e. The Morgan fingerprint density at radius 2 is 1.69 bits per heavy atom. The molecular formula is C21H18BrCl2NO. The van der Waals surface area contributed by atoms with Crippen LogP contribution in [0.1, 0.15) is 16.7 Å². The van der Waals surface area contributed by atoms with E-state index in [4.69, 9.17) is 27.9 Å². The Kier molecular flexibility index (Phi) is 6.47. The van der Waals surface area contributed by atoms with Crippen LogP contribution in [0.5, 0.6) is 5.75 Å². The second-order valence-electron chi connectivity index (χ2n) is 6.00. The number of benzene rings is 3. The van der Waals surface area contributed by atoms with Crippen molar-refractivity contribution in [3.05, 3.63) is 91.9 Å². The zero-order valence-electron chi connectivity index (χ0n) is 14.2. The van der Waals surface area contributed by atoms with Gasteiger partial charge < -0.3 is 10.1 Å². The third-order valence-electron chi connectivity index (χ3n) is 3.96. The highest BCUT2D eigenvalue weighted by Gasteiger charge is 2.08. The molecule has 2 nitrogen and oxygen atoms in total. The van der Waals surface area contributed by atoms with Crippen LogP contribution in [0.3, 0.4) is 0 Å². The minimum absolute atomic E-state index is 0.384. The van der Waals surface area contributed by atoms with Gasteiger partial charge in [0.15, 0.2) is 0 Å². The van der Waals surface area contributed by atoms with Gasteiger partial charge in [0.2, 0.25) is 0 Å². The van der Waals surface area contributed by atoms with Crippen molar-refractivity contribution in [3.8, 4) is 5.75 Å². The van der Waals surface area contributed by atoms with Crippen LogP contribution < -0.4 is 10.1 Å². The first kappa shape index (κ1) is 19.1. The van der Waals surface area contributed by atoms with E-state index in [0.717, 1.165) is 27.0 Å². The maximum atomic E-state index is 6.23. The zero-order chi connectivity index (χ0) is 18.5. The van der Waals surface area contributed by atoms with Gasteiger partial charge in [0.25, 0.3) is 0 Å². The monoisotopic (exact) mass is 449 g/mol. The second kappa shape index (κ2) is 8.81. The van der Waals surface area contributed by atoms with Crippen LogP contribution in [-0.4, -0.2) is 0 Å². The molecule has 3 rings (SSSR count). The number of ether oxygens (including phenoxy) is 1. The Hall–Kier alpha value is -1.68. The molecule has 5 heteroatoms. The summed E-state index contributed by atoms with van der Waals surface area (Å²) in [5.74, 6) is 0.818. The van der Waals surface area contributed by atoms with E-state index in [2.05, 4.69) is 58.5 Å². The smallest absolute Gasteiger partial charge is 0.124 e. The van der Waals surface area contributed by atoms with Crippen LogP contribution in [0.15, 0.2) is 65.1 Å². The average Bonchev–Trinajstić information content (AvgIpc) is 2.62. The summed E-state index contributed by atoms with van der Waals surface area (Å²) in [4.78, 5) is 0. The first-order chi connectivity index (χ1) is 12.5. The third kappa shape index (κ3) is 5.16. The highest BCUT2D eigenvalue weighted by molar-refractivity contribution is 9.10. The minimum Gasteiger partial charge on any atom is -0.488 e. The van der Waals surface area contributed by atoms with E-state index in [9.17, 15) is 0 Å². The highest BCUT2D eigenvalue weighted by Crippen LogP contribution is 2.27. The van der Waals surface area contributed by atoms with Crippen LogP contribution >= 0.6 is 39.1 Å². The van der Waals surface area contributed by atoms with Crippen LogP contribution in [0, 0.1) is 6.92 Å². The Labute approximate surface area is 172 Å². The number of halogens is 3. The van der Waals surface area contributed by atoms with E-state index in [1.807, 2.05) is 24.3 Å². The number of aryl methyl sites for hydroxylation is 1. The molecule has 0 aliphatic carbocycles. The average molecular weight is 451 g/mol. The first-order valence-electron chi connectivity index (χ1n) is 8.17. The Morgan fingerprint density at radius 3 is 2.42 bits per heavy atom. The standard InChI is InChI=1S/C21H18BrCl2NO/c1-14-2-7-19(8-3-14)25-12-16-10-17(22)5-9-21(16)26-13-15-4-6-18(23)11-20(15)24/h2-11,25H,12-13H2,1H3. The predicted octanol–water partition coefficient (Wildman–Crippen LogP) is 7.26. The summed E-state index contributed by atoms with van der Waals surface area (Å²) in [6.45, 7) is 3.12. The van der Waals surface area contributed by atoms with E-state index in [-0.39, 0.29) is 0 Å². The Bertz CT molecular complexity index is 897. The van der Waals surface area contributed by atoms with Crippen LogP contribution in [-0.2, 0) is 13.2 Å². The summed E-state index contributed by atoms with van der Waals surface area (Å²) in [6.07, 6.45) is 0. The SMILES string of the molecule is Cc1ccc(NCc2cc(Br)ccc2OCc2ccc(Cl)cc2Cl)cc1. The molecule has 26 heavy (non-hydrogen) atoms. The number of nitrogens with one attached hydrogen (secondary N) is 1. The Morgan fingerprint density at radius 1 is 0.923 bits per heavy atom. The van der Waals surface area contributed by atoms with Gasteiger partial charge in [-0.2, -0.15) is 0 Å². The molecule has 134 valence electrons. The van der Waals surface area contributed by atoms with Gasteiger partial charge in [-0.1, -0.05) is 62.9 Å². The zero-order valence-corrected chi connectivity index (χ0v) is 17.3. The molecule has 3 aromatic carbocycles. The van der Waals surface area contributed by atoms with Crippen molar-refractivity contribution in [2.24, 2.45) is 0 Å². The van der Waals surface area contributed by atoms with Crippen molar-refractivity contribution < 1.29 is 4.74 Å². The Balaban J connectivity index is 1.71. The van der Waals surface area contributed by atoms with Gasteiger partial charge in [0, 0.05) is 37.9 Å². The summed E-state index contributed by atoms with van der Waals surface area (Å²) in [7, 11) is 0. The van der Waals surface area contributed by atoms with E-state index in [1.165, 1.54) is 5.56 Å². The van der Waals surface area contributed by atoms with Crippen LogP contribution in [0.4, 0.5) is 5.69 Å². The van der Waals surface area contributed by atoms with Gasteiger partial charge in [-0.25, -0.2) is 0 Å². The molecule has 0 amide bonds. The molecule has 0 radical (unpaired) electrons. The van der Waals surface area contributed by atoms with Crippen LogP contribution in [0.2, 0.25) is 10.0 Å². The minimum atomic E-state index is 0.384. The van der Waals surface area contributed by atoms with Crippen molar-refractivity contribution in [3.63, 3.8) is 0 Å². The molecule has 0 fully saturated rings. The largest absolute Gasteiger partial charge is 0.488 e.